The van der Waals surface area contributed by atoms with E-state index in [0.29, 0.717) is 17.6 Å². The average Bonchev–Trinajstić information content (AvgIpc) is 2.56. The highest BCUT2D eigenvalue weighted by Crippen LogP contribution is 2.28. The summed E-state index contributed by atoms with van der Waals surface area (Å²) in [7, 11) is 0. The molecule has 0 aliphatic carbocycles. The molecule has 0 saturated heterocycles. The highest BCUT2D eigenvalue weighted by Gasteiger charge is 2.12. The van der Waals surface area contributed by atoms with Crippen LogP contribution in [0.15, 0.2) is 64.0 Å². The van der Waals surface area contributed by atoms with Crippen LogP contribution in [0.2, 0.25) is 0 Å². The summed E-state index contributed by atoms with van der Waals surface area (Å²) < 4.78 is 11.6. The maximum absolute atomic E-state index is 11.9. The van der Waals surface area contributed by atoms with Crippen LogP contribution in [0.1, 0.15) is 24.5 Å². The van der Waals surface area contributed by atoms with Crippen LogP contribution in [0.3, 0.4) is 0 Å². The molecule has 0 unspecified atom stereocenters. The third-order valence-corrected chi connectivity index (χ3v) is 3.63. The number of fused-ring (bicyclic) bond motifs is 1. The molecule has 3 aromatic rings. The molecular weight excluding hydrogens is 276 g/mol. The number of hydrogen-bond donors (Lipinski definition) is 0. The van der Waals surface area contributed by atoms with Crippen LogP contribution in [0, 0.1) is 0 Å². The van der Waals surface area contributed by atoms with Crippen LogP contribution in [0.5, 0.6) is 5.75 Å². The predicted molar refractivity (Wildman–Crippen MR) is 87.3 cm³/mol. The van der Waals surface area contributed by atoms with Crippen LogP contribution >= 0.6 is 0 Å². The number of rotatable bonds is 5. The molecule has 0 atom stereocenters. The third-order valence-electron chi connectivity index (χ3n) is 3.63. The van der Waals surface area contributed by atoms with E-state index in [4.69, 9.17) is 9.15 Å². The minimum Gasteiger partial charge on any atom is -0.488 e. The van der Waals surface area contributed by atoms with Gasteiger partial charge < -0.3 is 9.15 Å². The molecule has 0 radical (unpaired) electrons. The lowest BCUT2D eigenvalue weighted by molar-refractivity contribution is 0.302. The molecule has 0 amide bonds. The summed E-state index contributed by atoms with van der Waals surface area (Å²) in [6.45, 7) is 2.60. The van der Waals surface area contributed by atoms with Crippen LogP contribution in [-0.4, -0.2) is 0 Å². The first kappa shape index (κ1) is 14.4. The van der Waals surface area contributed by atoms with Crippen LogP contribution in [-0.2, 0) is 13.0 Å². The van der Waals surface area contributed by atoms with Crippen molar-refractivity contribution in [2.24, 2.45) is 0 Å². The van der Waals surface area contributed by atoms with Crippen molar-refractivity contribution in [3.63, 3.8) is 0 Å². The Bertz CT molecular complexity index is 819. The predicted octanol–water partition coefficient (Wildman–Crippen LogP) is 4.32. The van der Waals surface area contributed by atoms with E-state index >= 15 is 0 Å². The molecule has 0 bridgehead atoms. The molecule has 0 fully saturated rings. The van der Waals surface area contributed by atoms with Gasteiger partial charge in [0.15, 0.2) is 5.43 Å². The van der Waals surface area contributed by atoms with Crippen molar-refractivity contribution in [1.82, 2.24) is 0 Å². The Morgan fingerprint density at radius 3 is 2.64 bits per heavy atom. The SMILES string of the molecule is CCCc1c(OCc2ccccc2)ccc2c(=O)ccoc12. The summed E-state index contributed by atoms with van der Waals surface area (Å²) >= 11 is 0. The molecule has 3 heteroatoms. The molecule has 0 N–H and O–H groups in total. The summed E-state index contributed by atoms with van der Waals surface area (Å²) in [5.41, 5.74) is 2.70. The van der Waals surface area contributed by atoms with Gasteiger partial charge in [-0.25, -0.2) is 0 Å². The van der Waals surface area contributed by atoms with Gasteiger partial charge in [0.25, 0.3) is 0 Å². The fraction of sp³-hybridized carbons (Fsp3) is 0.211. The highest BCUT2D eigenvalue weighted by atomic mass is 16.5. The van der Waals surface area contributed by atoms with Crippen molar-refractivity contribution in [1.29, 1.82) is 0 Å². The Morgan fingerprint density at radius 1 is 1.05 bits per heavy atom. The van der Waals surface area contributed by atoms with E-state index in [1.807, 2.05) is 36.4 Å². The summed E-state index contributed by atoms with van der Waals surface area (Å²) in [5, 5.41) is 0.609. The largest absolute Gasteiger partial charge is 0.488 e. The van der Waals surface area contributed by atoms with E-state index in [9.17, 15) is 4.79 Å². The molecule has 1 aromatic heterocycles. The molecule has 0 aliphatic rings. The van der Waals surface area contributed by atoms with Crippen LogP contribution in [0.4, 0.5) is 0 Å². The maximum atomic E-state index is 11.9. The van der Waals surface area contributed by atoms with Gasteiger partial charge in [0.05, 0.1) is 11.6 Å². The minimum atomic E-state index is -0.0202. The van der Waals surface area contributed by atoms with E-state index < -0.39 is 0 Å². The van der Waals surface area contributed by atoms with Crippen molar-refractivity contribution in [2.75, 3.05) is 0 Å². The van der Waals surface area contributed by atoms with Gasteiger partial charge in [-0.05, 0) is 24.1 Å². The third kappa shape index (κ3) is 2.89. The molecule has 1 heterocycles. The van der Waals surface area contributed by atoms with Gasteiger partial charge in [0, 0.05) is 11.6 Å². The summed E-state index contributed by atoms with van der Waals surface area (Å²) in [6.07, 6.45) is 3.22. The summed E-state index contributed by atoms with van der Waals surface area (Å²) in [6, 6.07) is 15.1. The normalized spacial score (nSPS) is 10.8. The molecule has 3 rings (SSSR count). The Labute approximate surface area is 129 Å². The Morgan fingerprint density at radius 2 is 1.86 bits per heavy atom. The maximum Gasteiger partial charge on any atom is 0.192 e. The van der Waals surface area contributed by atoms with E-state index in [1.54, 1.807) is 6.07 Å². The zero-order valence-electron chi connectivity index (χ0n) is 12.5. The van der Waals surface area contributed by atoms with Crippen molar-refractivity contribution in [3.05, 3.63) is 76.1 Å². The van der Waals surface area contributed by atoms with Crippen molar-refractivity contribution in [3.8, 4) is 5.75 Å². The van der Waals surface area contributed by atoms with Gasteiger partial charge in [-0.1, -0.05) is 43.7 Å². The summed E-state index contributed by atoms with van der Waals surface area (Å²) in [5.74, 6) is 0.785. The van der Waals surface area contributed by atoms with E-state index in [0.717, 1.165) is 29.7 Å². The lowest BCUT2D eigenvalue weighted by Crippen LogP contribution is -2.03. The van der Waals surface area contributed by atoms with E-state index in [-0.39, 0.29) is 5.43 Å². The van der Waals surface area contributed by atoms with Crippen molar-refractivity contribution < 1.29 is 9.15 Å². The zero-order valence-corrected chi connectivity index (χ0v) is 12.5. The average molecular weight is 294 g/mol. The molecule has 22 heavy (non-hydrogen) atoms. The van der Waals surface area contributed by atoms with Gasteiger partial charge >= 0.3 is 0 Å². The minimum absolute atomic E-state index is 0.0202. The fourth-order valence-electron chi connectivity index (χ4n) is 2.55. The Kier molecular flexibility index (Phi) is 4.24. The lowest BCUT2D eigenvalue weighted by atomic mass is 10.1. The second kappa shape index (κ2) is 6.48. The van der Waals surface area contributed by atoms with Crippen molar-refractivity contribution >= 4 is 11.0 Å². The van der Waals surface area contributed by atoms with Crippen LogP contribution < -0.4 is 10.2 Å². The quantitative estimate of drug-likeness (QED) is 0.703. The monoisotopic (exact) mass is 294 g/mol. The number of benzene rings is 2. The standard InChI is InChI=1S/C19H18O3/c1-2-6-16-18(22-13-14-7-4-3-5-8-14)10-9-15-17(20)11-12-21-19(15)16/h3-5,7-12H,2,6,13H2,1H3. The van der Waals surface area contributed by atoms with Crippen molar-refractivity contribution in [2.45, 2.75) is 26.4 Å². The molecule has 2 aromatic carbocycles. The molecule has 112 valence electrons. The summed E-state index contributed by atoms with van der Waals surface area (Å²) in [4.78, 5) is 11.9. The first-order valence-electron chi connectivity index (χ1n) is 7.49. The Hall–Kier alpha value is -2.55. The van der Waals surface area contributed by atoms with Gasteiger partial charge in [-0.15, -0.1) is 0 Å². The van der Waals surface area contributed by atoms with E-state index in [1.165, 1.54) is 12.3 Å². The van der Waals surface area contributed by atoms with Gasteiger partial charge in [0.1, 0.15) is 17.9 Å². The van der Waals surface area contributed by atoms with Gasteiger partial charge in [-0.2, -0.15) is 0 Å². The van der Waals surface area contributed by atoms with Gasteiger partial charge in [0.2, 0.25) is 0 Å². The topological polar surface area (TPSA) is 39.4 Å². The number of ether oxygens (including phenoxy) is 1. The highest BCUT2D eigenvalue weighted by molar-refractivity contribution is 5.82. The first-order chi connectivity index (χ1) is 10.8. The Balaban J connectivity index is 1.98. The zero-order chi connectivity index (χ0) is 15.4. The molecule has 0 aliphatic heterocycles. The fourth-order valence-corrected chi connectivity index (χ4v) is 2.55. The van der Waals surface area contributed by atoms with Crippen LogP contribution in [0.25, 0.3) is 11.0 Å². The second-order valence-corrected chi connectivity index (χ2v) is 5.23. The molecule has 0 spiro atoms. The molecule has 3 nitrogen and oxygen atoms in total. The lowest BCUT2D eigenvalue weighted by Gasteiger charge is -2.12. The second-order valence-electron chi connectivity index (χ2n) is 5.23. The smallest absolute Gasteiger partial charge is 0.192 e. The first-order valence-corrected chi connectivity index (χ1v) is 7.49. The van der Waals surface area contributed by atoms with E-state index in [2.05, 4.69) is 6.92 Å². The molecular formula is C19H18O3. The number of hydrogen-bond acceptors (Lipinski definition) is 3. The van der Waals surface area contributed by atoms with Gasteiger partial charge in [-0.3, -0.25) is 4.79 Å². The number of aryl methyl sites for hydroxylation is 1. The molecule has 0 saturated carbocycles.